The lowest BCUT2D eigenvalue weighted by molar-refractivity contribution is -0.155. The van der Waals surface area contributed by atoms with Gasteiger partial charge in [-0.25, -0.2) is 9.59 Å². The lowest BCUT2D eigenvalue weighted by Crippen LogP contribution is -2.51. The summed E-state index contributed by atoms with van der Waals surface area (Å²) in [4.78, 5) is 40.4. The lowest BCUT2D eigenvalue weighted by atomic mass is 10.0. The van der Waals surface area contributed by atoms with Crippen molar-refractivity contribution in [3.8, 4) is 0 Å². The van der Waals surface area contributed by atoms with Crippen molar-refractivity contribution in [3.05, 3.63) is 0 Å². The van der Waals surface area contributed by atoms with Crippen molar-refractivity contribution in [2.75, 3.05) is 27.3 Å². The highest BCUT2D eigenvalue weighted by atomic mass is 16.6. The second kappa shape index (κ2) is 16.8. The van der Waals surface area contributed by atoms with Gasteiger partial charge in [0.25, 0.3) is 0 Å². The molecule has 7 nitrogen and oxygen atoms in total. The van der Waals surface area contributed by atoms with Gasteiger partial charge in [0, 0.05) is 14.1 Å². The highest BCUT2D eigenvalue weighted by molar-refractivity contribution is 5.89. The number of esters is 1. The molecule has 0 aromatic heterocycles. The molecule has 0 aliphatic heterocycles. The summed E-state index contributed by atoms with van der Waals surface area (Å²) in [6.07, 6.45) is 7.89. The average Bonchev–Trinajstić information content (AvgIpc) is 2.81. The van der Waals surface area contributed by atoms with Crippen molar-refractivity contribution >= 4 is 18.0 Å². The van der Waals surface area contributed by atoms with Crippen LogP contribution in [0.4, 0.5) is 4.79 Å². The van der Waals surface area contributed by atoms with Crippen molar-refractivity contribution in [3.63, 3.8) is 0 Å². The molecule has 2 amide bonds. The van der Waals surface area contributed by atoms with Gasteiger partial charge in [0.1, 0.15) is 12.1 Å². The van der Waals surface area contributed by atoms with Gasteiger partial charge in [0.2, 0.25) is 5.91 Å². The fourth-order valence-electron chi connectivity index (χ4n) is 3.38. The summed E-state index contributed by atoms with van der Waals surface area (Å²) in [7, 11) is 3.12. The molecule has 0 aromatic carbocycles. The number of hydrogen-bond acceptors (Lipinski definition) is 5. The first kappa shape index (κ1) is 30.2. The minimum atomic E-state index is -0.744. The van der Waals surface area contributed by atoms with E-state index in [1.807, 2.05) is 0 Å². The summed E-state index contributed by atoms with van der Waals surface area (Å²) >= 11 is 0. The topological polar surface area (TPSA) is 76.2 Å². The Morgan fingerprint density at radius 3 is 1.62 bits per heavy atom. The van der Waals surface area contributed by atoms with Crippen LogP contribution in [0.5, 0.6) is 0 Å². The minimum absolute atomic E-state index is 0.329. The molecule has 0 spiro atoms. The maximum atomic E-state index is 12.9. The Bertz CT molecular complexity index is 508. The summed E-state index contributed by atoms with van der Waals surface area (Å²) in [5, 5.41) is 0. The summed E-state index contributed by atoms with van der Waals surface area (Å²) < 4.78 is 10.9. The van der Waals surface area contributed by atoms with Crippen molar-refractivity contribution < 1.29 is 23.9 Å². The van der Waals surface area contributed by atoms with Gasteiger partial charge >= 0.3 is 12.1 Å². The molecule has 0 saturated heterocycles. The first-order chi connectivity index (χ1) is 15.1. The second-order valence-electron chi connectivity index (χ2n) is 8.95. The van der Waals surface area contributed by atoms with Gasteiger partial charge in [-0.2, -0.15) is 0 Å². The molecule has 4 atom stereocenters. The maximum Gasteiger partial charge on any atom is 0.410 e. The van der Waals surface area contributed by atoms with Crippen LogP contribution >= 0.6 is 0 Å². The number of carbonyl (C=O) groups excluding carboxylic acids is 3. The molecule has 0 aliphatic carbocycles. The summed E-state index contributed by atoms with van der Waals surface area (Å²) in [5.74, 6) is -0.0730. The Kier molecular flexibility index (Phi) is 15.8. The average molecular weight is 457 g/mol. The largest absolute Gasteiger partial charge is 0.464 e. The number of likely N-dealkylation sites (N-methyl/N-ethyl adjacent to an activating group) is 2. The number of ether oxygens (including phenoxy) is 2. The monoisotopic (exact) mass is 456 g/mol. The first-order valence-electron chi connectivity index (χ1n) is 12.5. The van der Waals surface area contributed by atoms with Crippen molar-refractivity contribution in [1.29, 1.82) is 0 Å². The predicted octanol–water partition coefficient (Wildman–Crippen LogP) is 5.27. The normalized spacial score (nSPS) is 14.8. The molecule has 0 radical (unpaired) electrons. The SMILES string of the molecule is CCCCC(CC)COC(=O)C(C)N(C)C(=O)C(C)N(C)C(=O)OCC(CC)CCCC. The fourth-order valence-corrected chi connectivity index (χ4v) is 3.38. The zero-order chi connectivity index (χ0) is 24.7. The van der Waals surface area contributed by atoms with Crippen LogP contribution < -0.4 is 0 Å². The number of carbonyl (C=O) groups is 3. The molecule has 4 unspecified atom stereocenters. The molecule has 0 aliphatic rings. The van der Waals surface area contributed by atoms with E-state index in [4.69, 9.17) is 9.47 Å². The van der Waals surface area contributed by atoms with Gasteiger partial charge in [0.05, 0.1) is 13.2 Å². The van der Waals surface area contributed by atoms with Gasteiger partial charge in [0.15, 0.2) is 0 Å². The Balaban J connectivity index is 4.72. The van der Waals surface area contributed by atoms with Gasteiger partial charge in [-0.05, 0) is 38.5 Å². The van der Waals surface area contributed by atoms with E-state index in [2.05, 4.69) is 27.7 Å². The Hall–Kier alpha value is -1.79. The van der Waals surface area contributed by atoms with E-state index in [-0.39, 0.29) is 5.91 Å². The lowest BCUT2D eigenvalue weighted by Gasteiger charge is -2.31. The standard InChI is InChI=1S/C25H48N2O5/c1-9-13-15-21(11-3)17-31-24(29)20(6)26(7)23(28)19(5)27(8)25(30)32-18-22(12-4)16-14-10-2/h19-22H,9-18H2,1-8H3. The Morgan fingerprint density at radius 2 is 1.19 bits per heavy atom. The molecule has 0 rings (SSSR count). The quantitative estimate of drug-likeness (QED) is 0.296. The van der Waals surface area contributed by atoms with Crippen LogP contribution in [0.2, 0.25) is 0 Å². The van der Waals surface area contributed by atoms with Gasteiger partial charge in [-0.1, -0.05) is 66.2 Å². The van der Waals surface area contributed by atoms with E-state index in [1.54, 1.807) is 27.9 Å². The summed E-state index contributed by atoms with van der Waals surface area (Å²) in [6.45, 7) is 12.5. The smallest absolute Gasteiger partial charge is 0.410 e. The molecule has 0 saturated carbocycles. The zero-order valence-electron chi connectivity index (χ0n) is 21.8. The number of hydrogen-bond donors (Lipinski definition) is 0. The molecule has 7 heteroatoms. The van der Waals surface area contributed by atoms with Crippen molar-refractivity contribution in [1.82, 2.24) is 9.80 Å². The van der Waals surface area contributed by atoms with Crippen LogP contribution in [-0.2, 0) is 19.1 Å². The summed E-state index contributed by atoms with van der Waals surface area (Å²) in [6, 6.07) is -1.47. The highest BCUT2D eigenvalue weighted by Crippen LogP contribution is 2.16. The molecular formula is C25H48N2O5. The molecule has 0 heterocycles. The minimum Gasteiger partial charge on any atom is -0.464 e. The predicted molar refractivity (Wildman–Crippen MR) is 128 cm³/mol. The molecule has 32 heavy (non-hydrogen) atoms. The van der Waals surface area contributed by atoms with Crippen molar-refractivity contribution in [2.45, 2.75) is 105 Å². The van der Waals surface area contributed by atoms with E-state index >= 15 is 0 Å². The van der Waals surface area contributed by atoms with Crippen LogP contribution in [0.1, 0.15) is 92.9 Å². The van der Waals surface area contributed by atoms with E-state index in [0.717, 1.165) is 51.4 Å². The van der Waals surface area contributed by atoms with Crippen LogP contribution in [0.3, 0.4) is 0 Å². The van der Waals surface area contributed by atoms with Crippen LogP contribution in [0.25, 0.3) is 0 Å². The molecule has 0 bridgehead atoms. The number of rotatable bonds is 16. The third kappa shape index (κ3) is 10.7. The molecule has 0 aromatic rings. The van der Waals surface area contributed by atoms with E-state index in [0.29, 0.717) is 25.0 Å². The number of amides is 2. The van der Waals surface area contributed by atoms with Gasteiger partial charge in [-0.3, -0.25) is 9.69 Å². The third-order valence-corrected chi connectivity index (χ3v) is 6.49. The van der Waals surface area contributed by atoms with E-state index in [1.165, 1.54) is 9.80 Å². The summed E-state index contributed by atoms with van der Waals surface area (Å²) in [5.41, 5.74) is 0. The first-order valence-corrected chi connectivity index (χ1v) is 12.5. The van der Waals surface area contributed by atoms with E-state index < -0.39 is 24.1 Å². The van der Waals surface area contributed by atoms with E-state index in [9.17, 15) is 14.4 Å². The number of nitrogens with zero attached hydrogens (tertiary/aromatic N) is 2. The maximum absolute atomic E-state index is 12.9. The molecule has 0 N–H and O–H groups in total. The molecular weight excluding hydrogens is 408 g/mol. The number of unbranched alkanes of at least 4 members (excludes halogenated alkanes) is 2. The zero-order valence-corrected chi connectivity index (χ0v) is 21.8. The fraction of sp³-hybridized carbons (Fsp3) is 0.880. The van der Waals surface area contributed by atoms with Gasteiger partial charge < -0.3 is 14.4 Å². The van der Waals surface area contributed by atoms with Crippen LogP contribution in [0.15, 0.2) is 0 Å². The molecule has 0 fully saturated rings. The van der Waals surface area contributed by atoms with Crippen LogP contribution in [-0.4, -0.2) is 67.2 Å². The highest BCUT2D eigenvalue weighted by Gasteiger charge is 2.31. The van der Waals surface area contributed by atoms with Crippen LogP contribution in [0, 0.1) is 11.8 Å². The second-order valence-corrected chi connectivity index (χ2v) is 8.95. The van der Waals surface area contributed by atoms with Crippen molar-refractivity contribution in [2.24, 2.45) is 11.8 Å². The Labute approximate surface area is 196 Å². The van der Waals surface area contributed by atoms with Gasteiger partial charge in [-0.15, -0.1) is 0 Å². The third-order valence-electron chi connectivity index (χ3n) is 6.49. The Morgan fingerprint density at radius 1 is 0.719 bits per heavy atom. The molecule has 188 valence electrons.